The third-order valence-electron chi connectivity index (χ3n) is 4.08. The van der Waals surface area contributed by atoms with Crippen molar-refractivity contribution in [3.8, 4) is 0 Å². The summed E-state index contributed by atoms with van der Waals surface area (Å²) < 4.78 is 0. The van der Waals surface area contributed by atoms with Gasteiger partial charge < -0.3 is 10.2 Å². The predicted octanol–water partition coefficient (Wildman–Crippen LogP) is 3.46. The molecule has 0 aliphatic carbocycles. The number of nitrogens with one attached hydrogen (secondary N) is 1. The van der Waals surface area contributed by atoms with E-state index in [4.69, 9.17) is 0 Å². The standard InChI is InChI=1S/C17H28N2/c1-4-10-18-11-9-15(3)19-13-14(2)12-16-7-5-6-8-17(16)19/h5-8,14-15,18H,4,9-13H2,1-3H3. The number of anilines is 1. The van der Waals surface area contributed by atoms with Crippen molar-refractivity contribution >= 4 is 5.69 Å². The monoisotopic (exact) mass is 260 g/mol. The van der Waals surface area contributed by atoms with E-state index < -0.39 is 0 Å². The molecule has 1 aromatic rings. The lowest BCUT2D eigenvalue weighted by molar-refractivity contribution is 0.471. The van der Waals surface area contributed by atoms with Crippen LogP contribution in [0.25, 0.3) is 0 Å². The van der Waals surface area contributed by atoms with Gasteiger partial charge in [0.1, 0.15) is 0 Å². The van der Waals surface area contributed by atoms with Crippen LogP contribution in [0.4, 0.5) is 5.69 Å². The first-order valence-corrected chi connectivity index (χ1v) is 7.77. The number of hydrogen-bond acceptors (Lipinski definition) is 2. The third-order valence-corrected chi connectivity index (χ3v) is 4.08. The maximum absolute atomic E-state index is 3.51. The van der Waals surface area contributed by atoms with Gasteiger partial charge in [-0.05, 0) is 56.8 Å². The van der Waals surface area contributed by atoms with E-state index in [0.717, 1.165) is 19.0 Å². The maximum atomic E-state index is 3.51. The van der Waals surface area contributed by atoms with Crippen LogP contribution in [0.1, 0.15) is 39.2 Å². The highest BCUT2D eigenvalue weighted by atomic mass is 15.2. The lowest BCUT2D eigenvalue weighted by Crippen LogP contribution is -2.42. The molecule has 0 saturated heterocycles. The quantitative estimate of drug-likeness (QED) is 0.788. The molecule has 2 heteroatoms. The molecule has 1 aliphatic rings. The highest BCUT2D eigenvalue weighted by molar-refractivity contribution is 5.56. The molecule has 0 amide bonds. The van der Waals surface area contributed by atoms with E-state index in [2.05, 4.69) is 55.3 Å². The van der Waals surface area contributed by atoms with Gasteiger partial charge >= 0.3 is 0 Å². The van der Waals surface area contributed by atoms with Gasteiger partial charge in [-0.2, -0.15) is 0 Å². The van der Waals surface area contributed by atoms with Crippen LogP contribution in [0.5, 0.6) is 0 Å². The van der Waals surface area contributed by atoms with E-state index in [1.165, 1.54) is 37.1 Å². The van der Waals surface area contributed by atoms with E-state index in [1.807, 2.05) is 0 Å². The average Bonchev–Trinajstić information content (AvgIpc) is 2.42. The number of nitrogens with zero attached hydrogens (tertiary/aromatic N) is 1. The van der Waals surface area contributed by atoms with Crippen molar-refractivity contribution < 1.29 is 0 Å². The Morgan fingerprint density at radius 2 is 2.11 bits per heavy atom. The minimum Gasteiger partial charge on any atom is -0.368 e. The zero-order chi connectivity index (χ0) is 13.7. The molecule has 2 unspecified atom stereocenters. The van der Waals surface area contributed by atoms with Crippen molar-refractivity contribution in [2.45, 2.75) is 46.1 Å². The van der Waals surface area contributed by atoms with Gasteiger partial charge in [0.05, 0.1) is 0 Å². The second-order valence-corrected chi connectivity index (χ2v) is 5.98. The molecule has 0 spiro atoms. The fourth-order valence-corrected chi connectivity index (χ4v) is 3.02. The number of rotatable bonds is 6. The van der Waals surface area contributed by atoms with Crippen LogP contribution in [-0.2, 0) is 6.42 Å². The van der Waals surface area contributed by atoms with Crippen molar-refractivity contribution in [2.24, 2.45) is 5.92 Å². The van der Waals surface area contributed by atoms with Crippen LogP contribution < -0.4 is 10.2 Å². The lowest BCUT2D eigenvalue weighted by Gasteiger charge is -2.39. The van der Waals surface area contributed by atoms with Crippen molar-refractivity contribution in [1.29, 1.82) is 0 Å². The SMILES string of the molecule is CCCNCCC(C)N1CC(C)Cc2ccccc21. The topological polar surface area (TPSA) is 15.3 Å². The Morgan fingerprint density at radius 3 is 2.89 bits per heavy atom. The van der Waals surface area contributed by atoms with Gasteiger partial charge in [0, 0.05) is 18.3 Å². The molecule has 1 heterocycles. The number of hydrogen-bond donors (Lipinski definition) is 1. The maximum Gasteiger partial charge on any atom is 0.0401 e. The molecule has 0 bridgehead atoms. The molecule has 0 aromatic heterocycles. The summed E-state index contributed by atoms with van der Waals surface area (Å²) in [4.78, 5) is 2.61. The Balaban J connectivity index is 1.99. The van der Waals surface area contributed by atoms with Crippen LogP contribution in [0, 0.1) is 5.92 Å². The van der Waals surface area contributed by atoms with Gasteiger partial charge in [0.15, 0.2) is 0 Å². The summed E-state index contributed by atoms with van der Waals surface area (Å²) in [5.74, 6) is 0.765. The van der Waals surface area contributed by atoms with Gasteiger partial charge in [-0.25, -0.2) is 0 Å². The summed E-state index contributed by atoms with van der Waals surface area (Å²) in [5.41, 5.74) is 2.98. The van der Waals surface area contributed by atoms with E-state index >= 15 is 0 Å². The molecular formula is C17H28N2. The fraction of sp³-hybridized carbons (Fsp3) is 0.647. The summed E-state index contributed by atoms with van der Waals surface area (Å²) >= 11 is 0. The van der Waals surface area contributed by atoms with E-state index in [-0.39, 0.29) is 0 Å². The minimum atomic E-state index is 0.619. The van der Waals surface area contributed by atoms with Crippen molar-refractivity contribution in [3.63, 3.8) is 0 Å². The third kappa shape index (κ3) is 3.73. The first kappa shape index (κ1) is 14.4. The zero-order valence-electron chi connectivity index (χ0n) is 12.7. The smallest absolute Gasteiger partial charge is 0.0401 e. The highest BCUT2D eigenvalue weighted by Gasteiger charge is 2.24. The van der Waals surface area contributed by atoms with Gasteiger partial charge in [-0.15, -0.1) is 0 Å². The molecule has 19 heavy (non-hydrogen) atoms. The molecule has 0 saturated carbocycles. The van der Waals surface area contributed by atoms with Crippen LogP contribution in [0.2, 0.25) is 0 Å². The molecule has 1 N–H and O–H groups in total. The molecule has 0 radical (unpaired) electrons. The van der Waals surface area contributed by atoms with Crippen molar-refractivity contribution in [3.05, 3.63) is 29.8 Å². The molecule has 2 atom stereocenters. The Labute approximate surface area is 118 Å². The highest BCUT2D eigenvalue weighted by Crippen LogP contribution is 2.31. The van der Waals surface area contributed by atoms with Crippen LogP contribution in [0.15, 0.2) is 24.3 Å². The first-order valence-electron chi connectivity index (χ1n) is 7.77. The number of fused-ring (bicyclic) bond motifs is 1. The van der Waals surface area contributed by atoms with Crippen molar-refractivity contribution in [2.75, 3.05) is 24.5 Å². The van der Waals surface area contributed by atoms with Gasteiger partial charge in [-0.1, -0.05) is 32.0 Å². The van der Waals surface area contributed by atoms with Gasteiger partial charge in [-0.3, -0.25) is 0 Å². The van der Waals surface area contributed by atoms with E-state index in [9.17, 15) is 0 Å². The van der Waals surface area contributed by atoms with Crippen LogP contribution in [-0.4, -0.2) is 25.7 Å². The number of para-hydroxylation sites is 1. The summed E-state index contributed by atoms with van der Waals surface area (Å²) in [6.07, 6.45) is 3.67. The van der Waals surface area contributed by atoms with Gasteiger partial charge in [0.2, 0.25) is 0 Å². The predicted molar refractivity (Wildman–Crippen MR) is 83.9 cm³/mol. The van der Waals surface area contributed by atoms with E-state index in [1.54, 1.807) is 0 Å². The number of benzene rings is 1. The van der Waals surface area contributed by atoms with Crippen LogP contribution in [0.3, 0.4) is 0 Å². The summed E-state index contributed by atoms with van der Waals surface area (Å²) in [5, 5.41) is 3.51. The van der Waals surface area contributed by atoms with E-state index in [0.29, 0.717) is 6.04 Å². The molecule has 2 nitrogen and oxygen atoms in total. The molecule has 2 rings (SSSR count). The minimum absolute atomic E-state index is 0.619. The first-order chi connectivity index (χ1) is 9.22. The second-order valence-electron chi connectivity index (χ2n) is 5.98. The average molecular weight is 260 g/mol. The second kappa shape index (κ2) is 6.95. The fourth-order valence-electron chi connectivity index (χ4n) is 3.02. The Morgan fingerprint density at radius 1 is 1.32 bits per heavy atom. The van der Waals surface area contributed by atoms with Crippen molar-refractivity contribution in [1.82, 2.24) is 5.32 Å². The zero-order valence-corrected chi connectivity index (χ0v) is 12.7. The largest absolute Gasteiger partial charge is 0.368 e. The molecule has 0 fully saturated rings. The Kier molecular flexibility index (Phi) is 5.26. The molecule has 1 aromatic carbocycles. The van der Waals surface area contributed by atoms with Crippen LogP contribution >= 0.6 is 0 Å². The molecule has 1 aliphatic heterocycles. The summed E-state index contributed by atoms with van der Waals surface area (Å²) in [6, 6.07) is 9.54. The Bertz CT molecular complexity index is 389. The molecule has 106 valence electrons. The van der Waals surface area contributed by atoms with Gasteiger partial charge in [0.25, 0.3) is 0 Å². The lowest BCUT2D eigenvalue weighted by atomic mass is 9.92. The normalized spacial score (nSPS) is 20.2. The Hall–Kier alpha value is -1.02. The summed E-state index contributed by atoms with van der Waals surface area (Å²) in [7, 11) is 0. The summed E-state index contributed by atoms with van der Waals surface area (Å²) in [6.45, 7) is 10.4. The molecular weight excluding hydrogens is 232 g/mol.